The molecule has 1 fully saturated rings. The fourth-order valence-corrected chi connectivity index (χ4v) is 6.55. The summed E-state index contributed by atoms with van der Waals surface area (Å²) in [6, 6.07) is 6.03. The third-order valence-corrected chi connectivity index (χ3v) is 9.39. The number of hydrogen-bond acceptors (Lipinski definition) is 6. The number of aryl methyl sites for hydroxylation is 2. The molecule has 0 aromatic heterocycles. The van der Waals surface area contributed by atoms with Crippen LogP contribution in [0.1, 0.15) is 107 Å². The Bertz CT molecular complexity index is 1480. The number of alkyl halides is 6. The number of aliphatic hydroxyl groups is 1. The molecule has 2 aromatic rings. The van der Waals surface area contributed by atoms with E-state index in [-0.39, 0.29) is 56.1 Å². The van der Waals surface area contributed by atoms with Crippen molar-refractivity contribution in [3.05, 3.63) is 52.6 Å². The van der Waals surface area contributed by atoms with Crippen molar-refractivity contribution in [3.8, 4) is 17.2 Å². The number of ether oxygens (including phenoxy) is 3. The minimum atomic E-state index is -6.01. The molecule has 1 saturated heterocycles. The van der Waals surface area contributed by atoms with Gasteiger partial charge in [-0.25, -0.2) is 4.79 Å². The second-order valence-corrected chi connectivity index (χ2v) is 12.9. The fraction of sp³-hybridized carbons (Fsp3) is 0.611. The van der Waals surface area contributed by atoms with Crippen molar-refractivity contribution < 1.29 is 55.2 Å². The number of unbranched alkanes of at least 4 members (excludes halogenated alkanes) is 6. The molecular formula is C36H46F6N2O6. The molecule has 14 heteroatoms. The van der Waals surface area contributed by atoms with E-state index in [0.717, 1.165) is 49.1 Å². The van der Waals surface area contributed by atoms with Crippen LogP contribution in [0.15, 0.2) is 30.3 Å². The minimum absolute atomic E-state index is 0.0348. The van der Waals surface area contributed by atoms with Gasteiger partial charge in [-0.2, -0.15) is 26.3 Å². The number of rotatable bonds is 18. The highest BCUT2D eigenvalue weighted by Crippen LogP contribution is 2.51. The van der Waals surface area contributed by atoms with E-state index in [0.29, 0.717) is 42.7 Å². The molecule has 4 rings (SSSR count). The lowest BCUT2D eigenvalue weighted by Crippen LogP contribution is -2.54. The first-order chi connectivity index (χ1) is 23.6. The largest absolute Gasteiger partial charge is 0.493 e. The van der Waals surface area contributed by atoms with E-state index in [1.165, 1.54) is 0 Å². The van der Waals surface area contributed by atoms with E-state index in [2.05, 4.69) is 12.2 Å². The standard InChI is InChI=1S/C36H46F6N2O6/c1-4-7-8-9-10-11-15-25-21-27(34(47,35(37,38)39)36(40,41)42)20-24(14-5-2)30(25)48-19-13-12-18-44-31(45)33(6-3,43-32(44)46)26-16-17-28-29(22-26)50-23-49-28/h16-17,20-22,47H,4-15,18-19,23H2,1-3H3,(H,43,46). The number of nitrogens with zero attached hydrogens (tertiary/aromatic N) is 1. The maximum absolute atomic E-state index is 13.9. The molecule has 2 N–H and O–H groups in total. The van der Waals surface area contributed by atoms with Gasteiger partial charge in [0.2, 0.25) is 6.79 Å². The van der Waals surface area contributed by atoms with E-state index in [1.807, 2.05) is 0 Å². The molecule has 2 heterocycles. The Morgan fingerprint density at radius 3 is 2.10 bits per heavy atom. The van der Waals surface area contributed by atoms with Gasteiger partial charge in [-0.15, -0.1) is 0 Å². The van der Waals surface area contributed by atoms with Crippen molar-refractivity contribution in [2.75, 3.05) is 19.9 Å². The summed E-state index contributed by atoms with van der Waals surface area (Å²) in [6.45, 7) is 5.74. The van der Waals surface area contributed by atoms with Gasteiger partial charge in [0.15, 0.2) is 11.5 Å². The average molecular weight is 717 g/mol. The fourth-order valence-electron chi connectivity index (χ4n) is 6.55. The lowest BCUT2D eigenvalue weighted by atomic mass is 9.87. The van der Waals surface area contributed by atoms with Crippen molar-refractivity contribution >= 4 is 11.9 Å². The van der Waals surface area contributed by atoms with E-state index in [4.69, 9.17) is 14.2 Å². The number of nitrogens with one attached hydrogen (secondary N) is 1. The summed E-state index contributed by atoms with van der Waals surface area (Å²) < 4.78 is 100. The van der Waals surface area contributed by atoms with Crippen molar-refractivity contribution in [2.45, 2.75) is 121 Å². The lowest BCUT2D eigenvalue weighted by Gasteiger charge is -2.33. The number of halogens is 6. The molecule has 0 bridgehead atoms. The van der Waals surface area contributed by atoms with Gasteiger partial charge in [0.05, 0.1) is 6.61 Å². The highest BCUT2D eigenvalue weighted by atomic mass is 19.4. The molecular weight excluding hydrogens is 670 g/mol. The van der Waals surface area contributed by atoms with Crippen LogP contribution in [0, 0.1) is 0 Å². The summed E-state index contributed by atoms with van der Waals surface area (Å²) in [5, 5.41) is 13.0. The van der Waals surface area contributed by atoms with Crippen LogP contribution in [0.5, 0.6) is 17.2 Å². The van der Waals surface area contributed by atoms with E-state index in [1.54, 1.807) is 32.0 Å². The summed E-state index contributed by atoms with van der Waals surface area (Å²) in [7, 11) is 0. The van der Waals surface area contributed by atoms with Crippen molar-refractivity contribution in [3.63, 3.8) is 0 Å². The second kappa shape index (κ2) is 16.1. The molecule has 2 aromatic carbocycles. The lowest BCUT2D eigenvalue weighted by molar-refractivity contribution is -0.376. The van der Waals surface area contributed by atoms with Crippen molar-refractivity contribution in [1.29, 1.82) is 0 Å². The van der Waals surface area contributed by atoms with Crippen molar-refractivity contribution in [2.24, 2.45) is 0 Å². The summed E-state index contributed by atoms with van der Waals surface area (Å²) in [4.78, 5) is 27.7. The van der Waals surface area contributed by atoms with E-state index in [9.17, 15) is 41.0 Å². The summed E-state index contributed by atoms with van der Waals surface area (Å²) in [5.41, 5.74) is -6.75. The third-order valence-electron chi connectivity index (χ3n) is 9.39. The molecule has 1 atom stereocenters. The van der Waals surface area contributed by atoms with Crippen LogP contribution in [0.4, 0.5) is 31.1 Å². The Morgan fingerprint density at radius 1 is 0.820 bits per heavy atom. The SMILES string of the molecule is CCCCCCCCc1cc(C(O)(C(F)(F)F)C(F)(F)F)cc(CCC)c1OCCCCN1C(=O)NC(CC)(c2ccc3c(c2)OCO3)C1=O. The maximum Gasteiger partial charge on any atom is 0.430 e. The Hall–Kier alpha value is -3.68. The molecule has 3 amide bonds. The van der Waals surface area contributed by atoms with Gasteiger partial charge in [-0.05, 0) is 79.5 Å². The van der Waals surface area contributed by atoms with Crippen LogP contribution >= 0.6 is 0 Å². The first-order valence-electron chi connectivity index (χ1n) is 17.3. The number of urea groups is 1. The normalized spacial score (nSPS) is 17.8. The number of imide groups is 1. The van der Waals surface area contributed by atoms with Crippen LogP contribution in [0.3, 0.4) is 0 Å². The maximum atomic E-state index is 13.9. The number of fused-ring (bicyclic) bond motifs is 1. The number of carbonyl (C=O) groups is 2. The summed E-state index contributed by atoms with van der Waals surface area (Å²) in [6.07, 6.45) is -5.25. The smallest absolute Gasteiger partial charge is 0.430 e. The predicted octanol–water partition coefficient (Wildman–Crippen LogP) is 8.60. The zero-order valence-corrected chi connectivity index (χ0v) is 28.7. The molecule has 2 aliphatic heterocycles. The number of carbonyl (C=O) groups excluding carboxylic acids is 2. The van der Waals surface area contributed by atoms with Gasteiger partial charge >= 0.3 is 18.4 Å². The number of amides is 3. The van der Waals surface area contributed by atoms with Gasteiger partial charge in [0.25, 0.3) is 11.5 Å². The molecule has 0 radical (unpaired) electrons. The van der Waals surface area contributed by atoms with E-state index >= 15 is 0 Å². The molecule has 0 aliphatic carbocycles. The summed E-state index contributed by atoms with van der Waals surface area (Å²) >= 11 is 0. The van der Waals surface area contributed by atoms with Gasteiger partial charge in [0.1, 0.15) is 11.3 Å². The Kier molecular flexibility index (Phi) is 12.6. The molecule has 50 heavy (non-hydrogen) atoms. The zero-order valence-electron chi connectivity index (χ0n) is 28.7. The first-order valence-corrected chi connectivity index (χ1v) is 17.3. The van der Waals surface area contributed by atoms with Gasteiger partial charge in [-0.3, -0.25) is 9.69 Å². The molecule has 0 saturated carbocycles. The highest BCUT2D eigenvalue weighted by molar-refractivity contribution is 6.07. The highest BCUT2D eigenvalue weighted by Gasteiger charge is 2.71. The van der Waals surface area contributed by atoms with Gasteiger partial charge in [-0.1, -0.05) is 65.4 Å². The molecule has 2 aliphatic rings. The Morgan fingerprint density at radius 2 is 1.46 bits per heavy atom. The average Bonchev–Trinajstić information content (AvgIpc) is 3.63. The number of hydrogen-bond donors (Lipinski definition) is 2. The monoisotopic (exact) mass is 716 g/mol. The van der Waals surface area contributed by atoms with Crippen LogP contribution in [-0.2, 0) is 28.8 Å². The van der Waals surface area contributed by atoms with Crippen molar-refractivity contribution in [1.82, 2.24) is 10.2 Å². The van der Waals surface area contributed by atoms with Gasteiger partial charge < -0.3 is 24.6 Å². The first kappa shape index (κ1) is 39.1. The van der Waals surface area contributed by atoms with E-state index < -0.39 is 41.0 Å². The summed E-state index contributed by atoms with van der Waals surface area (Å²) in [5.74, 6) is 0.796. The van der Waals surface area contributed by atoms with Crippen LogP contribution in [-0.4, -0.2) is 54.2 Å². The van der Waals surface area contributed by atoms with Crippen LogP contribution < -0.4 is 19.5 Å². The third kappa shape index (κ3) is 7.94. The molecule has 0 spiro atoms. The molecule has 1 unspecified atom stereocenters. The molecule has 8 nitrogen and oxygen atoms in total. The quantitative estimate of drug-likeness (QED) is 0.0912. The number of benzene rings is 2. The van der Waals surface area contributed by atoms with Gasteiger partial charge in [0, 0.05) is 12.1 Å². The minimum Gasteiger partial charge on any atom is -0.493 e. The van der Waals surface area contributed by atoms with Crippen LogP contribution in [0.2, 0.25) is 0 Å². The Balaban J connectivity index is 1.49. The predicted molar refractivity (Wildman–Crippen MR) is 173 cm³/mol. The second-order valence-electron chi connectivity index (χ2n) is 12.9. The topological polar surface area (TPSA) is 97.3 Å². The molecule has 278 valence electrons. The van der Waals surface area contributed by atoms with Crippen LogP contribution in [0.25, 0.3) is 0 Å². The zero-order chi connectivity index (χ0) is 36.7. The Labute approximate surface area is 288 Å².